The first-order valence-corrected chi connectivity index (χ1v) is 9.17. The maximum atomic E-state index is 6.12. The van der Waals surface area contributed by atoms with Gasteiger partial charge in [0.25, 0.3) is 0 Å². The maximum Gasteiger partial charge on any atom is 0.134 e. The normalized spacial score (nSPS) is 18.6. The molecule has 102 valence electrons. The Labute approximate surface area is 134 Å². The van der Waals surface area contributed by atoms with Crippen molar-refractivity contribution in [1.82, 2.24) is 10.3 Å². The largest absolute Gasteiger partial charge is 0.309 e. The van der Waals surface area contributed by atoms with Crippen molar-refractivity contribution in [3.8, 4) is 9.88 Å². The van der Waals surface area contributed by atoms with Crippen LogP contribution in [0.2, 0.25) is 4.34 Å². The van der Waals surface area contributed by atoms with E-state index in [0.29, 0.717) is 6.04 Å². The van der Waals surface area contributed by atoms with E-state index >= 15 is 0 Å². The van der Waals surface area contributed by atoms with Crippen LogP contribution in [0.15, 0.2) is 10.5 Å². The molecule has 0 fully saturated rings. The highest BCUT2D eigenvalue weighted by Crippen LogP contribution is 2.43. The molecule has 0 saturated heterocycles. The average molecular weight is 378 g/mol. The van der Waals surface area contributed by atoms with E-state index in [2.05, 4.69) is 34.2 Å². The molecule has 0 saturated carbocycles. The van der Waals surface area contributed by atoms with E-state index in [9.17, 15) is 0 Å². The van der Waals surface area contributed by atoms with Gasteiger partial charge >= 0.3 is 0 Å². The monoisotopic (exact) mass is 376 g/mol. The highest BCUT2D eigenvalue weighted by molar-refractivity contribution is 9.10. The molecule has 0 radical (unpaired) electrons. The van der Waals surface area contributed by atoms with E-state index < -0.39 is 0 Å². The Kier molecular flexibility index (Phi) is 4.29. The van der Waals surface area contributed by atoms with Crippen LogP contribution in [0.1, 0.15) is 36.4 Å². The second-order valence-electron chi connectivity index (χ2n) is 4.56. The molecule has 0 amide bonds. The van der Waals surface area contributed by atoms with Crippen molar-refractivity contribution < 1.29 is 0 Å². The van der Waals surface area contributed by atoms with Crippen molar-refractivity contribution in [2.45, 2.75) is 32.2 Å². The highest BCUT2D eigenvalue weighted by atomic mass is 79.9. The Morgan fingerprint density at radius 3 is 3.05 bits per heavy atom. The lowest BCUT2D eigenvalue weighted by Crippen LogP contribution is -2.23. The smallest absolute Gasteiger partial charge is 0.134 e. The summed E-state index contributed by atoms with van der Waals surface area (Å²) < 4.78 is 1.76. The molecule has 2 heterocycles. The van der Waals surface area contributed by atoms with E-state index in [1.165, 1.54) is 23.4 Å². The van der Waals surface area contributed by atoms with Gasteiger partial charge in [0, 0.05) is 15.4 Å². The van der Waals surface area contributed by atoms with Gasteiger partial charge in [-0.2, -0.15) is 0 Å². The van der Waals surface area contributed by atoms with Crippen molar-refractivity contribution >= 4 is 50.2 Å². The van der Waals surface area contributed by atoms with Crippen molar-refractivity contribution in [3.05, 3.63) is 25.4 Å². The number of halogens is 2. The summed E-state index contributed by atoms with van der Waals surface area (Å²) in [5.74, 6) is 0. The van der Waals surface area contributed by atoms with Gasteiger partial charge in [0.1, 0.15) is 9.34 Å². The number of hydrogen-bond acceptors (Lipinski definition) is 4. The molecule has 2 aromatic rings. The lowest BCUT2D eigenvalue weighted by atomic mass is 9.98. The molecule has 19 heavy (non-hydrogen) atoms. The van der Waals surface area contributed by atoms with E-state index in [-0.39, 0.29) is 0 Å². The van der Waals surface area contributed by atoms with Gasteiger partial charge in [-0.15, -0.1) is 22.7 Å². The van der Waals surface area contributed by atoms with E-state index in [4.69, 9.17) is 16.6 Å². The molecule has 1 aliphatic rings. The average Bonchev–Trinajstić information content (AvgIpc) is 2.95. The number of thiophene rings is 1. The van der Waals surface area contributed by atoms with Crippen LogP contribution >= 0.6 is 50.2 Å². The topological polar surface area (TPSA) is 24.9 Å². The molecule has 0 spiro atoms. The molecule has 1 unspecified atom stereocenters. The van der Waals surface area contributed by atoms with Crippen LogP contribution in [-0.2, 0) is 6.42 Å². The lowest BCUT2D eigenvalue weighted by Gasteiger charge is -2.21. The van der Waals surface area contributed by atoms with Crippen molar-refractivity contribution in [2.75, 3.05) is 6.54 Å². The van der Waals surface area contributed by atoms with Crippen LogP contribution < -0.4 is 5.32 Å². The van der Waals surface area contributed by atoms with E-state index in [1.54, 1.807) is 11.3 Å². The SMILES string of the molecule is CCNC1CCCc2nc(-c3cc(Br)c(Cl)s3)sc21. The summed E-state index contributed by atoms with van der Waals surface area (Å²) in [6.45, 7) is 3.17. The zero-order chi connectivity index (χ0) is 13.4. The zero-order valence-corrected chi connectivity index (χ0v) is 14.5. The maximum absolute atomic E-state index is 6.12. The molecule has 0 bridgehead atoms. The fraction of sp³-hybridized carbons (Fsp3) is 0.462. The van der Waals surface area contributed by atoms with Gasteiger partial charge in [0.15, 0.2) is 0 Å². The Bertz CT molecular complexity index is 574. The van der Waals surface area contributed by atoms with Crippen molar-refractivity contribution in [2.24, 2.45) is 0 Å². The van der Waals surface area contributed by atoms with E-state index in [0.717, 1.165) is 31.7 Å². The quantitative estimate of drug-likeness (QED) is 0.787. The van der Waals surface area contributed by atoms with Crippen LogP contribution in [0.3, 0.4) is 0 Å². The van der Waals surface area contributed by atoms with Gasteiger partial charge in [-0.3, -0.25) is 0 Å². The minimum absolute atomic E-state index is 0.485. The van der Waals surface area contributed by atoms with Crippen LogP contribution in [0.4, 0.5) is 0 Å². The number of nitrogens with zero attached hydrogens (tertiary/aromatic N) is 1. The zero-order valence-electron chi connectivity index (χ0n) is 10.5. The number of fused-ring (bicyclic) bond motifs is 1. The second kappa shape index (κ2) is 5.82. The van der Waals surface area contributed by atoms with E-state index in [1.807, 2.05) is 11.3 Å². The predicted octanol–water partition coefficient (Wildman–Crippen LogP) is 5.27. The predicted molar refractivity (Wildman–Crippen MR) is 87.5 cm³/mol. The second-order valence-corrected chi connectivity index (χ2v) is 8.10. The van der Waals surface area contributed by atoms with Crippen molar-refractivity contribution in [3.63, 3.8) is 0 Å². The minimum atomic E-state index is 0.485. The summed E-state index contributed by atoms with van der Waals surface area (Å²) in [5.41, 5.74) is 1.28. The standard InChI is InChI=1S/C13H14BrClN2S2/c1-2-16-8-4-3-5-9-11(8)19-13(17-9)10-6-7(14)12(15)18-10/h6,8,16H,2-5H2,1H3. The molecule has 1 N–H and O–H groups in total. The van der Waals surface area contributed by atoms with Gasteiger partial charge < -0.3 is 5.32 Å². The molecule has 3 rings (SSSR count). The first kappa shape index (κ1) is 14.0. The molecular weight excluding hydrogens is 364 g/mol. The highest BCUT2D eigenvalue weighted by Gasteiger charge is 2.24. The third-order valence-electron chi connectivity index (χ3n) is 3.26. The minimum Gasteiger partial charge on any atom is -0.309 e. The first-order chi connectivity index (χ1) is 9.19. The van der Waals surface area contributed by atoms with Gasteiger partial charge in [-0.1, -0.05) is 18.5 Å². The lowest BCUT2D eigenvalue weighted by molar-refractivity contribution is 0.476. The molecule has 0 aromatic carbocycles. The summed E-state index contributed by atoms with van der Waals surface area (Å²) in [4.78, 5) is 7.40. The Hall–Kier alpha value is 0.0600. The Morgan fingerprint density at radius 1 is 1.53 bits per heavy atom. The number of aromatic nitrogens is 1. The van der Waals surface area contributed by atoms with Crippen LogP contribution in [0.25, 0.3) is 9.88 Å². The van der Waals surface area contributed by atoms with Gasteiger partial charge in [-0.05, 0) is 47.8 Å². The summed E-state index contributed by atoms with van der Waals surface area (Å²) >= 11 is 13.0. The molecule has 0 aliphatic heterocycles. The summed E-state index contributed by atoms with van der Waals surface area (Å²) in [6.07, 6.45) is 3.55. The number of rotatable bonds is 3. The van der Waals surface area contributed by atoms with Crippen LogP contribution in [0, 0.1) is 0 Å². The fourth-order valence-corrected chi connectivity index (χ4v) is 5.39. The summed E-state index contributed by atoms with van der Waals surface area (Å²) in [7, 11) is 0. The van der Waals surface area contributed by atoms with Crippen molar-refractivity contribution in [1.29, 1.82) is 0 Å². The van der Waals surface area contributed by atoms with Gasteiger partial charge in [0.05, 0.1) is 10.6 Å². The Balaban J connectivity index is 1.97. The molecule has 1 aliphatic carbocycles. The third kappa shape index (κ3) is 2.76. The van der Waals surface area contributed by atoms with Crippen LogP contribution in [-0.4, -0.2) is 11.5 Å². The van der Waals surface area contributed by atoms with Gasteiger partial charge in [-0.25, -0.2) is 4.98 Å². The number of hydrogen-bond donors (Lipinski definition) is 1. The molecule has 2 aromatic heterocycles. The van der Waals surface area contributed by atoms with Crippen LogP contribution in [0.5, 0.6) is 0 Å². The molecular formula is C13H14BrClN2S2. The summed E-state index contributed by atoms with van der Waals surface area (Å²) in [6, 6.07) is 2.55. The Morgan fingerprint density at radius 2 is 2.37 bits per heavy atom. The number of thiazole rings is 1. The number of nitrogens with one attached hydrogen (secondary N) is 1. The number of aryl methyl sites for hydroxylation is 1. The molecule has 6 heteroatoms. The van der Waals surface area contributed by atoms with Gasteiger partial charge in [0.2, 0.25) is 0 Å². The summed E-state index contributed by atoms with van der Waals surface area (Å²) in [5, 5.41) is 4.66. The molecule has 2 nitrogen and oxygen atoms in total. The molecule has 1 atom stereocenters. The fourth-order valence-electron chi connectivity index (χ4n) is 2.42. The third-order valence-corrected chi connectivity index (χ3v) is 7.11. The first-order valence-electron chi connectivity index (χ1n) is 6.37.